The summed E-state index contributed by atoms with van der Waals surface area (Å²) in [4.78, 5) is 0. The molecule has 0 fully saturated rings. The maximum Gasteiger partial charge on any atom is 0.185 e. The number of rotatable bonds is 9. The van der Waals surface area contributed by atoms with Gasteiger partial charge < -0.3 is 8.54 Å². The zero-order chi connectivity index (χ0) is 15.9. The summed E-state index contributed by atoms with van der Waals surface area (Å²) in [6.45, 7) is 11.7. The largest absolute Gasteiger partial charge is 0.460 e. The minimum atomic E-state index is -1.52. The van der Waals surface area contributed by atoms with E-state index < -0.39 is 16.6 Å². The van der Waals surface area contributed by atoms with Crippen LogP contribution in [-0.2, 0) is 8.54 Å². The first-order valence-electron chi connectivity index (χ1n) is 8.00. The van der Waals surface area contributed by atoms with Gasteiger partial charge in [-0.2, -0.15) is 0 Å². The van der Waals surface area contributed by atoms with Crippen LogP contribution in [0.15, 0.2) is 30.3 Å². The SMILES string of the molecule is CO[Si](C)(C)CC[SiH2]O[Si](C)(C)CC(C)c1ccccc1. The first-order chi connectivity index (χ1) is 9.76. The van der Waals surface area contributed by atoms with Gasteiger partial charge in [-0.3, -0.25) is 0 Å². The normalized spacial score (nSPS) is 14.8. The summed E-state index contributed by atoms with van der Waals surface area (Å²) in [6.07, 6.45) is 0. The van der Waals surface area contributed by atoms with E-state index in [-0.39, 0.29) is 9.76 Å². The van der Waals surface area contributed by atoms with Gasteiger partial charge in [-0.1, -0.05) is 37.3 Å². The summed E-state index contributed by atoms with van der Waals surface area (Å²) in [6, 6.07) is 14.6. The number of hydrogen-bond donors (Lipinski definition) is 0. The third-order valence-corrected chi connectivity index (χ3v) is 13.7. The summed E-state index contributed by atoms with van der Waals surface area (Å²) < 4.78 is 12.0. The van der Waals surface area contributed by atoms with E-state index in [4.69, 9.17) is 8.54 Å². The lowest BCUT2D eigenvalue weighted by atomic mass is 10.0. The standard InChI is InChI=1S/C16H32O2Si3/c1-15(16-10-8-7-9-11-16)14-21(5,6)18-19-12-13-20(3,4)17-2/h7-11,15H,12-14,19H2,1-6H3. The van der Waals surface area contributed by atoms with E-state index in [0.29, 0.717) is 5.92 Å². The van der Waals surface area contributed by atoms with Crippen molar-refractivity contribution >= 4 is 26.4 Å². The second-order valence-corrected chi connectivity index (χ2v) is 17.8. The van der Waals surface area contributed by atoms with Crippen LogP contribution in [0.1, 0.15) is 18.4 Å². The fourth-order valence-corrected chi connectivity index (χ4v) is 11.8. The molecule has 0 radical (unpaired) electrons. The molecule has 0 saturated heterocycles. The van der Waals surface area contributed by atoms with E-state index in [0.717, 1.165) is 0 Å². The summed E-state index contributed by atoms with van der Waals surface area (Å²) in [5.41, 5.74) is 1.44. The van der Waals surface area contributed by atoms with Crippen molar-refractivity contribution in [3.8, 4) is 0 Å². The van der Waals surface area contributed by atoms with Crippen molar-refractivity contribution in [3.05, 3.63) is 35.9 Å². The average Bonchev–Trinajstić information content (AvgIpc) is 2.44. The third kappa shape index (κ3) is 7.56. The zero-order valence-electron chi connectivity index (χ0n) is 14.6. The molecule has 0 aliphatic rings. The molecule has 0 aliphatic carbocycles. The van der Waals surface area contributed by atoms with Crippen molar-refractivity contribution in [2.45, 2.75) is 57.2 Å². The van der Waals surface area contributed by atoms with Crippen LogP contribution in [0, 0.1) is 0 Å². The van der Waals surface area contributed by atoms with Crippen LogP contribution in [0.25, 0.3) is 0 Å². The van der Waals surface area contributed by atoms with E-state index in [1.165, 1.54) is 23.7 Å². The van der Waals surface area contributed by atoms with Gasteiger partial charge in [-0.05, 0) is 55.8 Å². The fourth-order valence-electron chi connectivity index (χ4n) is 2.64. The molecule has 5 heteroatoms. The molecule has 0 N–H and O–H groups in total. The van der Waals surface area contributed by atoms with E-state index in [2.05, 4.69) is 63.4 Å². The third-order valence-electron chi connectivity index (χ3n) is 4.13. The molecule has 0 saturated carbocycles. The highest BCUT2D eigenvalue weighted by Gasteiger charge is 2.26. The molecule has 0 spiro atoms. The number of hydrogen-bond acceptors (Lipinski definition) is 2. The lowest BCUT2D eigenvalue weighted by Crippen LogP contribution is -2.34. The highest BCUT2D eigenvalue weighted by molar-refractivity contribution is 6.76. The smallest absolute Gasteiger partial charge is 0.185 e. The zero-order valence-corrected chi connectivity index (χ0v) is 18.0. The van der Waals surface area contributed by atoms with Crippen LogP contribution < -0.4 is 0 Å². The molecule has 0 aliphatic heterocycles. The Bertz CT molecular complexity index is 407. The molecule has 21 heavy (non-hydrogen) atoms. The van der Waals surface area contributed by atoms with Crippen molar-refractivity contribution < 1.29 is 8.54 Å². The van der Waals surface area contributed by atoms with Crippen molar-refractivity contribution in [1.82, 2.24) is 0 Å². The molecule has 1 unspecified atom stereocenters. The molecular weight excluding hydrogens is 308 g/mol. The fraction of sp³-hybridized carbons (Fsp3) is 0.625. The van der Waals surface area contributed by atoms with E-state index >= 15 is 0 Å². The Balaban J connectivity index is 2.36. The van der Waals surface area contributed by atoms with Crippen LogP contribution in [0.2, 0.25) is 44.3 Å². The van der Waals surface area contributed by atoms with Crippen LogP contribution >= 0.6 is 0 Å². The molecule has 1 aromatic rings. The summed E-state index contributed by atoms with van der Waals surface area (Å²) >= 11 is 0. The van der Waals surface area contributed by atoms with Gasteiger partial charge in [0.2, 0.25) is 0 Å². The first-order valence-corrected chi connectivity index (χ1v) is 15.8. The van der Waals surface area contributed by atoms with Gasteiger partial charge in [0.05, 0.1) is 0 Å². The maximum absolute atomic E-state index is 6.41. The average molecular weight is 341 g/mol. The van der Waals surface area contributed by atoms with Crippen LogP contribution in [-0.4, -0.2) is 33.5 Å². The summed E-state index contributed by atoms with van der Waals surface area (Å²) in [5, 5.41) is 0. The molecule has 0 heterocycles. The quantitative estimate of drug-likeness (QED) is 0.491. The highest BCUT2D eigenvalue weighted by Crippen LogP contribution is 2.26. The minimum Gasteiger partial charge on any atom is -0.460 e. The Morgan fingerprint density at radius 1 is 1.05 bits per heavy atom. The van der Waals surface area contributed by atoms with Gasteiger partial charge in [0.15, 0.2) is 16.6 Å². The molecule has 1 rings (SSSR count). The lowest BCUT2D eigenvalue weighted by molar-refractivity contribution is 0.404. The molecule has 1 aromatic carbocycles. The molecule has 0 aromatic heterocycles. The van der Waals surface area contributed by atoms with E-state index in [9.17, 15) is 0 Å². The van der Waals surface area contributed by atoms with Crippen molar-refractivity contribution in [2.75, 3.05) is 7.11 Å². The topological polar surface area (TPSA) is 18.5 Å². The van der Waals surface area contributed by atoms with Crippen LogP contribution in [0.3, 0.4) is 0 Å². The Morgan fingerprint density at radius 2 is 1.67 bits per heavy atom. The second kappa shape index (κ2) is 8.43. The minimum absolute atomic E-state index is 0.388. The van der Waals surface area contributed by atoms with Crippen LogP contribution in [0.4, 0.5) is 0 Å². The predicted octanol–water partition coefficient (Wildman–Crippen LogP) is 4.37. The number of benzene rings is 1. The Labute approximate surface area is 135 Å². The highest BCUT2D eigenvalue weighted by atomic mass is 28.4. The van der Waals surface area contributed by atoms with Gasteiger partial charge in [-0.25, -0.2) is 0 Å². The lowest BCUT2D eigenvalue weighted by Gasteiger charge is -2.28. The van der Waals surface area contributed by atoms with Crippen molar-refractivity contribution in [2.24, 2.45) is 0 Å². The molecule has 120 valence electrons. The first kappa shape index (κ1) is 18.8. The van der Waals surface area contributed by atoms with Crippen molar-refractivity contribution in [3.63, 3.8) is 0 Å². The van der Waals surface area contributed by atoms with Gasteiger partial charge >= 0.3 is 0 Å². The molecular formula is C16H32O2Si3. The molecule has 0 bridgehead atoms. The summed E-state index contributed by atoms with van der Waals surface area (Å²) in [7, 11) is -1.44. The Hall–Kier alpha value is -0.209. The Kier molecular flexibility index (Phi) is 7.56. The Morgan fingerprint density at radius 3 is 2.24 bits per heavy atom. The summed E-state index contributed by atoms with van der Waals surface area (Å²) in [5.74, 6) is 0.603. The van der Waals surface area contributed by atoms with E-state index in [1.54, 1.807) is 0 Å². The second-order valence-electron chi connectivity index (χ2n) is 7.19. The monoisotopic (exact) mass is 340 g/mol. The van der Waals surface area contributed by atoms with Crippen LogP contribution in [0.5, 0.6) is 0 Å². The molecule has 0 amide bonds. The van der Waals surface area contributed by atoms with Gasteiger partial charge in [0.25, 0.3) is 0 Å². The maximum atomic E-state index is 6.41. The van der Waals surface area contributed by atoms with E-state index in [1.807, 2.05) is 7.11 Å². The van der Waals surface area contributed by atoms with Gasteiger partial charge in [0.1, 0.15) is 9.76 Å². The molecule has 2 nitrogen and oxygen atoms in total. The van der Waals surface area contributed by atoms with Gasteiger partial charge in [0, 0.05) is 7.11 Å². The van der Waals surface area contributed by atoms with Crippen molar-refractivity contribution in [1.29, 1.82) is 0 Å². The van der Waals surface area contributed by atoms with Gasteiger partial charge in [-0.15, -0.1) is 0 Å². The predicted molar refractivity (Wildman–Crippen MR) is 101 cm³/mol. The molecule has 1 atom stereocenters.